The monoisotopic (exact) mass is 468 g/mol. The van der Waals surface area contributed by atoms with E-state index in [9.17, 15) is 4.79 Å². The van der Waals surface area contributed by atoms with Crippen LogP contribution in [0, 0.1) is 22.5 Å². The summed E-state index contributed by atoms with van der Waals surface area (Å²) < 4.78 is 8.48. The fourth-order valence-electron chi connectivity index (χ4n) is 3.76. The Morgan fingerprint density at radius 2 is 1.88 bits per heavy atom. The molecule has 6 heteroatoms. The number of aromatic nitrogens is 2. The Hall–Kier alpha value is -1.41. The zero-order chi connectivity index (χ0) is 18.5. The van der Waals surface area contributed by atoms with E-state index < -0.39 is 5.97 Å². The molecule has 0 unspecified atom stereocenters. The van der Waals surface area contributed by atoms with Crippen LogP contribution in [0.5, 0.6) is 0 Å². The maximum Gasteiger partial charge on any atom is 0.329 e. The van der Waals surface area contributed by atoms with E-state index in [0.717, 1.165) is 35.9 Å². The molecule has 0 spiro atoms. The average molecular weight is 468 g/mol. The van der Waals surface area contributed by atoms with Crippen molar-refractivity contribution in [1.82, 2.24) is 9.78 Å². The molecule has 5 nitrogen and oxygen atoms in total. The van der Waals surface area contributed by atoms with Crippen LogP contribution < -0.4 is 0 Å². The molecule has 0 bridgehead atoms. The minimum absolute atomic E-state index is 0.187. The van der Waals surface area contributed by atoms with E-state index in [1.54, 1.807) is 0 Å². The second kappa shape index (κ2) is 8.99. The minimum atomic E-state index is -0.892. The van der Waals surface area contributed by atoms with Crippen molar-refractivity contribution in [2.45, 2.75) is 39.2 Å². The number of aliphatic carboxylic acids is 1. The molecule has 2 aromatic rings. The number of carbonyl (C=O) groups is 1. The van der Waals surface area contributed by atoms with Gasteiger partial charge in [-0.1, -0.05) is 30.3 Å². The average Bonchev–Trinajstić information content (AvgIpc) is 2.90. The molecule has 1 N–H and O–H groups in total. The summed E-state index contributed by atoms with van der Waals surface area (Å²) in [5.41, 5.74) is 3.69. The summed E-state index contributed by atoms with van der Waals surface area (Å²) in [6.45, 7) is 3.49. The van der Waals surface area contributed by atoms with Crippen molar-refractivity contribution in [2.24, 2.45) is 11.8 Å². The topological polar surface area (TPSA) is 64.4 Å². The summed E-state index contributed by atoms with van der Waals surface area (Å²) in [4.78, 5) is 10.5. The van der Waals surface area contributed by atoms with Gasteiger partial charge in [0.1, 0.15) is 10.3 Å². The Bertz CT molecular complexity index is 737. The molecule has 1 fully saturated rings. The third kappa shape index (κ3) is 4.85. The van der Waals surface area contributed by atoms with Crippen LogP contribution in [0.2, 0.25) is 0 Å². The first-order chi connectivity index (χ1) is 12.5. The van der Waals surface area contributed by atoms with Gasteiger partial charge in [-0.3, -0.25) is 4.68 Å². The molecule has 0 saturated heterocycles. The molecule has 1 aliphatic rings. The van der Waals surface area contributed by atoms with Crippen LogP contribution in [0.15, 0.2) is 30.3 Å². The lowest BCUT2D eigenvalue weighted by Gasteiger charge is -2.28. The predicted molar refractivity (Wildman–Crippen MR) is 109 cm³/mol. The Morgan fingerprint density at radius 3 is 2.54 bits per heavy atom. The number of nitrogens with zero attached hydrogens (tertiary/aromatic N) is 2. The largest absolute Gasteiger partial charge is 0.480 e. The van der Waals surface area contributed by atoms with Gasteiger partial charge in [0.2, 0.25) is 0 Å². The molecule has 140 valence electrons. The number of rotatable bonds is 7. The summed E-state index contributed by atoms with van der Waals surface area (Å²) in [6, 6.07) is 10.4. The predicted octanol–water partition coefficient (Wildman–Crippen LogP) is 4.37. The van der Waals surface area contributed by atoms with Gasteiger partial charge in [-0.25, -0.2) is 4.79 Å². The van der Waals surface area contributed by atoms with E-state index in [4.69, 9.17) is 14.9 Å². The summed E-state index contributed by atoms with van der Waals surface area (Å²) in [5.74, 6) is 0.227. The molecule has 26 heavy (non-hydrogen) atoms. The Morgan fingerprint density at radius 1 is 1.23 bits per heavy atom. The number of carboxylic acids is 1. The van der Waals surface area contributed by atoms with E-state index in [2.05, 4.69) is 58.5 Å². The van der Waals surface area contributed by atoms with E-state index in [1.165, 1.54) is 16.8 Å². The zero-order valence-corrected chi connectivity index (χ0v) is 17.2. The normalized spacial score (nSPS) is 20.2. The van der Waals surface area contributed by atoms with Crippen molar-refractivity contribution < 1.29 is 14.6 Å². The molecular weight excluding hydrogens is 443 g/mol. The van der Waals surface area contributed by atoms with E-state index >= 15 is 0 Å². The van der Waals surface area contributed by atoms with Gasteiger partial charge >= 0.3 is 5.97 Å². The quantitative estimate of drug-likeness (QED) is 0.614. The second-order valence-corrected chi connectivity index (χ2v) is 8.12. The Balaban J connectivity index is 1.57. The van der Waals surface area contributed by atoms with Gasteiger partial charge in [-0.05, 0) is 72.6 Å². The first-order valence-corrected chi connectivity index (χ1v) is 10.2. The molecule has 1 aliphatic carbocycles. The lowest BCUT2D eigenvalue weighted by Crippen LogP contribution is -2.23. The highest BCUT2D eigenvalue weighted by molar-refractivity contribution is 14.1. The SMILES string of the molecule is Cc1c(-c2ccccc2)c(I)nn1CC1CCC(COCC(=O)O)CC1. The third-order valence-corrected chi connectivity index (χ3v) is 5.96. The molecule has 1 aromatic carbocycles. The van der Waals surface area contributed by atoms with Gasteiger partial charge in [0.05, 0.1) is 6.61 Å². The van der Waals surface area contributed by atoms with Gasteiger partial charge in [0, 0.05) is 17.8 Å². The van der Waals surface area contributed by atoms with Crippen molar-refractivity contribution >= 4 is 28.6 Å². The molecule has 0 aliphatic heterocycles. The molecule has 0 atom stereocenters. The zero-order valence-electron chi connectivity index (χ0n) is 15.0. The number of hydrogen-bond acceptors (Lipinski definition) is 3. The molecule has 1 aromatic heterocycles. The highest BCUT2D eigenvalue weighted by Gasteiger charge is 2.23. The fraction of sp³-hybridized carbons (Fsp3) is 0.500. The van der Waals surface area contributed by atoms with Crippen LogP contribution in [-0.2, 0) is 16.1 Å². The Labute approximate surface area is 167 Å². The van der Waals surface area contributed by atoms with Crippen molar-refractivity contribution in [2.75, 3.05) is 13.2 Å². The number of benzene rings is 1. The van der Waals surface area contributed by atoms with Crippen LogP contribution in [0.3, 0.4) is 0 Å². The standard InChI is InChI=1S/C20H25IN2O3/c1-14-19(17-5-3-2-4-6-17)20(21)22-23(14)11-15-7-9-16(10-8-15)12-26-13-18(24)25/h2-6,15-16H,7-13H2,1H3,(H,24,25). The number of carboxylic acid groups (broad SMARTS) is 1. The molecule has 1 saturated carbocycles. The lowest BCUT2D eigenvalue weighted by atomic mass is 9.82. The highest BCUT2D eigenvalue weighted by Crippen LogP contribution is 2.33. The Kier molecular flexibility index (Phi) is 6.69. The smallest absolute Gasteiger partial charge is 0.329 e. The molecular formula is C20H25IN2O3. The summed E-state index contributed by atoms with van der Waals surface area (Å²) >= 11 is 2.33. The first-order valence-electron chi connectivity index (χ1n) is 9.12. The second-order valence-electron chi connectivity index (χ2n) is 7.09. The van der Waals surface area contributed by atoms with Gasteiger partial charge in [0.15, 0.2) is 0 Å². The van der Waals surface area contributed by atoms with Gasteiger partial charge in [-0.15, -0.1) is 0 Å². The fourth-order valence-corrected chi connectivity index (χ4v) is 4.72. The van der Waals surface area contributed by atoms with Crippen LogP contribution in [0.1, 0.15) is 31.4 Å². The van der Waals surface area contributed by atoms with Crippen LogP contribution in [-0.4, -0.2) is 34.1 Å². The van der Waals surface area contributed by atoms with Crippen LogP contribution >= 0.6 is 22.6 Å². The third-order valence-electron chi connectivity index (χ3n) is 5.20. The minimum Gasteiger partial charge on any atom is -0.480 e. The van der Waals surface area contributed by atoms with E-state index in [0.29, 0.717) is 18.4 Å². The van der Waals surface area contributed by atoms with Crippen molar-refractivity contribution in [3.05, 3.63) is 39.7 Å². The number of halogens is 1. The maximum atomic E-state index is 10.5. The summed E-state index contributed by atoms with van der Waals surface area (Å²) in [7, 11) is 0. The van der Waals surface area contributed by atoms with Crippen molar-refractivity contribution in [3.63, 3.8) is 0 Å². The lowest BCUT2D eigenvalue weighted by molar-refractivity contribution is -0.142. The van der Waals surface area contributed by atoms with Crippen molar-refractivity contribution in [3.8, 4) is 11.1 Å². The van der Waals surface area contributed by atoms with Crippen LogP contribution in [0.4, 0.5) is 0 Å². The van der Waals surface area contributed by atoms with Crippen molar-refractivity contribution in [1.29, 1.82) is 0 Å². The first kappa shape index (κ1) is 19.4. The molecule has 0 amide bonds. The van der Waals surface area contributed by atoms with Gasteiger partial charge in [-0.2, -0.15) is 5.10 Å². The number of ether oxygens (including phenoxy) is 1. The summed E-state index contributed by atoms with van der Waals surface area (Å²) in [6.07, 6.45) is 4.51. The van der Waals surface area contributed by atoms with Gasteiger partial charge in [0.25, 0.3) is 0 Å². The highest BCUT2D eigenvalue weighted by atomic mass is 127. The van der Waals surface area contributed by atoms with Gasteiger partial charge < -0.3 is 9.84 Å². The molecule has 1 heterocycles. The molecule has 0 radical (unpaired) electrons. The maximum absolute atomic E-state index is 10.5. The summed E-state index contributed by atoms with van der Waals surface area (Å²) in [5, 5.41) is 13.4. The number of hydrogen-bond donors (Lipinski definition) is 1. The molecule has 3 rings (SSSR count). The van der Waals surface area contributed by atoms with Crippen LogP contribution in [0.25, 0.3) is 11.1 Å². The van der Waals surface area contributed by atoms with E-state index in [1.807, 2.05) is 6.07 Å². The van der Waals surface area contributed by atoms with E-state index in [-0.39, 0.29) is 6.61 Å².